The molecule has 0 aliphatic rings. The third kappa shape index (κ3) is 3.78. The molecule has 0 bridgehead atoms. The second-order valence-corrected chi connectivity index (χ2v) is 6.85. The Balaban J connectivity index is 2.31. The molecule has 0 aliphatic carbocycles. The van der Waals surface area contributed by atoms with Crippen LogP contribution in [0.25, 0.3) is 0 Å². The minimum absolute atomic E-state index is 0.0258. The monoisotopic (exact) mass is 311 g/mol. The molecule has 0 fully saturated rings. The second kappa shape index (κ2) is 5.81. The van der Waals surface area contributed by atoms with Crippen molar-refractivity contribution < 1.29 is 17.2 Å². The highest BCUT2D eigenvalue weighted by Crippen LogP contribution is 2.24. The first kappa shape index (κ1) is 15.4. The summed E-state index contributed by atoms with van der Waals surface area (Å²) in [6.45, 7) is 1.74. The van der Waals surface area contributed by atoms with Crippen LogP contribution >= 0.6 is 0 Å². The molecule has 1 N–H and O–H groups in total. The Kier molecular flexibility index (Phi) is 4.27. The van der Waals surface area contributed by atoms with E-state index in [2.05, 4.69) is 5.32 Å². The van der Waals surface area contributed by atoms with Crippen molar-refractivity contribution in [3.05, 3.63) is 59.7 Å². The highest BCUT2D eigenvalue weighted by atomic mass is 32.2. The number of anilines is 1. The van der Waals surface area contributed by atoms with E-state index in [-0.39, 0.29) is 22.4 Å². The summed E-state index contributed by atoms with van der Waals surface area (Å²) in [6.07, 6.45) is 1.06. The van der Waals surface area contributed by atoms with E-state index in [0.717, 1.165) is 12.3 Å². The molecule has 0 saturated carbocycles. The van der Waals surface area contributed by atoms with Crippen molar-refractivity contribution in [2.24, 2.45) is 0 Å². The van der Waals surface area contributed by atoms with Gasteiger partial charge < -0.3 is 5.32 Å². The molecule has 2 aromatic carbocycles. The normalized spacial score (nSPS) is 13.0. The van der Waals surface area contributed by atoms with Gasteiger partial charge in [0.1, 0.15) is 11.6 Å². The topological polar surface area (TPSA) is 46.2 Å². The van der Waals surface area contributed by atoms with E-state index in [0.29, 0.717) is 5.56 Å². The van der Waals surface area contributed by atoms with Crippen molar-refractivity contribution >= 4 is 15.5 Å². The van der Waals surface area contributed by atoms with Gasteiger partial charge in [-0.1, -0.05) is 12.1 Å². The quantitative estimate of drug-likeness (QED) is 0.879. The maximum absolute atomic E-state index is 13.8. The number of benzene rings is 2. The third-order valence-corrected chi connectivity index (χ3v) is 4.20. The molecule has 3 nitrogen and oxygen atoms in total. The standard InChI is InChI=1S/C15H15F2NO2S/c1-10(11-4-3-5-12(16)8-11)18-15-9-13(21(2,19)20)6-7-14(15)17/h3-10,18H,1-2H3. The van der Waals surface area contributed by atoms with Crippen LogP contribution in [-0.2, 0) is 9.84 Å². The van der Waals surface area contributed by atoms with Gasteiger partial charge in [-0.3, -0.25) is 0 Å². The molecule has 2 rings (SSSR count). The maximum Gasteiger partial charge on any atom is 0.175 e. The van der Waals surface area contributed by atoms with Crippen LogP contribution in [0.5, 0.6) is 0 Å². The predicted octanol–water partition coefficient (Wildman–Crippen LogP) is 3.54. The van der Waals surface area contributed by atoms with Crippen molar-refractivity contribution in [1.29, 1.82) is 0 Å². The summed E-state index contributed by atoms with van der Waals surface area (Å²) in [5.74, 6) is -0.947. The van der Waals surface area contributed by atoms with Crippen LogP contribution in [0, 0.1) is 11.6 Å². The molecule has 0 aromatic heterocycles. The Morgan fingerprint density at radius 3 is 2.43 bits per heavy atom. The molecule has 6 heteroatoms. The van der Waals surface area contributed by atoms with Gasteiger partial charge in [0, 0.05) is 12.3 Å². The molecule has 0 heterocycles. The number of halogens is 2. The number of nitrogens with one attached hydrogen (secondary N) is 1. The lowest BCUT2D eigenvalue weighted by atomic mass is 10.1. The van der Waals surface area contributed by atoms with E-state index in [9.17, 15) is 17.2 Å². The van der Waals surface area contributed by atoms with Crippen molar-refractivity contribution in [3.63, 3.8) is 0 Å². The Hall–Kier alpha value is -1.95. The molecule has 0 amide bonds. The zero-order valence-corrected chi connectivity index (χ0v) is 12.4. The lowest BCUT2D eigenvalue weighted by Crippen LogP contribution is -2.09. The molecule has 0 radical (unpaired) electrons. The number of sulfone groups is 1. The average molecular weight is 311 g/mol. The summed E-state index contributed by atoms with van der Waals surface area (Å²) < 4.78 is 50.0. The van der Waals surface area contributed by atoms with Crippen molar-refractivity contribution in [1.82, 2.24) is 0 Å². The van der Waals surface area contributed by atoms with Crippen LogP contribution in [0.4, 0.5) is 14.5 Å². The van der Waals surface area contributed by atoms with Gasteiger partial charge in [0.15, 0.2) is 9.84 Å². The van der Waals surface area contributed by atoms with E-state index in [1.54, 1.807) is 19.1 Å². The van der Waals surface area contributed by atoms with Crippen LogP contribution in [0.2, 0.25) is 0 Å². The van der Waals surface area contributed by atoms with Crippen LogP contribution in [0.15, 0.2) is 47.4 Å². The fourth-order valence-corrected chi connectivity index (χ4v) is 2.59. The summed E-state index contributed by atoms with van der Waals surface area (Å²) in [4.78, 5) is 0.0258. The lowest BCUT2D eigenvalue weighted by molar-refractivity contribution is 0.600. The molecule has 0 saturated heterocycles. The molecule has 1 atom stereocenters. The van der Waals surface area contributed by atoms with Crippen LogP contribution < -0.4 is 5.32 Å². The van der Waals surface area contributed by atoms with Gasteiger partial charge in [0.2, 0.25) is 0 Å². The highest BCUT2D eigenvalue weighted by Gasteiger charge is 2.13. The smallest absolute Gasteiger partial charge is 0.175 e. The Bertz CT molecular complexity index is 760. The van der Waals surface area contributed by atoms with Gasteiger partial charge in [0.05, 0.1) is 10.6 Å². The Morgan fingerprint density at radius 1 is 1.10 bits per heavy atom. The van der Waals surface area contributed by atoms with Crippen LogP contribution in [-0.4, -0.2) is 14.7 Å². The van der Waals surface area contributed by atoms with Crippen molar-refractivity contribution in [2.75, 3.05) is 11.6 Å². The SMILES string of the molecule is CC(Nc1cc(S(C)(=O)=O)ccc1F)c1cccc(F)c1. The van der Waals surface area contributed by atoms with E-state index in [1.807, 2.05) is 0 Å². The van der Waals surface area contributed by atoms with Crippen LogP contribution in [0.3, 0.4) is 0 Å². The van der Waals surface area contributed by atoms with Crippen molar-refractivity contribution in [2.45, 2.75) is 17.9 Å². The largest absolute Gasteiger partial charge is 0.376 e. The summed E-state index contributed by atoms with van der Waals surface area (Å²) in [7, 11) is -3.42. The van der Waals surface area contributed by atoms with E-state index in [4.69, 9.17) is 0 Å². The van der Waals surface area contributed by atoms with E-state index in [1.165, 1.54) is 24.3 Å². The Labute approximate surface area is 122 Å². The summed E-state index contributed by atoms with van der Waals surface area (Å²) >= 11 is 0. The van der Waals surface area contributed by atoms with Gasteiger partial charge in [-0.25, -0.2) is 17.2 Å². The minimum atomic E-state index is -3.42. The highest BCUT2D eigenvalue weighted by molar-refractivity contribution is 7.90. The molecule has 0 aliphatic heterocycles. The molecule has 1 unspecified atom stereocenters. The fraction of sp³-hybridized carbons (Fsp3) is 0.200. The molecule has 0 spiro atoms. The Morgan fingerprint density at radius 2 is 1.81 bits per heavy atom. The number of hydrogen-bond acceptors (Lipinski definition) is 3. The van der Waals surface area contributed by atoms with Gasteiger partial charge in [0.25, 0.3) is 0 Å². The van der Waals surface area contributed by atoms with Gasteiger partial charge in [-0.05, 0) is 42.8 Å². The van der Waals surface area contributed by atoms with Crippen molar-refractivity contribution in [3.8, 4) is 0 Å². The fourth-order valence-electron chi connectivity index (χ4n) is 1.94. The first-order valence-electron chi connectivity index (χ1n) is 6.29. The van der Waals surface area contributed by atoms with Gasteiger partial charge >= 0.3 is 0 Å². The average Bonchev–Trinajstić information content (AvgIpc) is 2.40. The summed E-state index contributed by atoms with van der Waals surface area (Å²) in [5, 5.41) is 2.86. The van der Waals surface area contributed by atoms with E-state index >= 15 is 0 Å². The number of rotatable bonds is 4. The van der Waals surface area contributed by atoms with Gasteiger partial charge in [-0.15, -0.1) is 0 Å². The van der Waals surface area contributed by atoms with Gasteiger partial charge in [-0.2, -0.15) is 0 Å². The molecule has 112 valence electrons. The lowest BCUT2D eigenvalue weighted by Gasteiger charge is -2.17. The summed E-state index contributed by atoms with van der Waals surface area (Å²) in [5.41, 5.74) is 0.703. The maximum atomic E-state index is 13.8. The molecular formula is C15H15F2NO2S. The molecular weight excluding hydrogens is 296 g/mol. The second-order valence-electron chi connectivity index (χ2n) is 4.83. The first-order chi connectivity index (χ1) is 9.77. The summed E-state index contributed by atoms with van der Waals surface area (Å²) in [6, 6.07) is 9.10. The third-order valence-electron chi connectivity index (χ3n) is 3.09. The first-order valence-corrected chi connectivity index (χ1v) is 8.18. The molecule has 21 heavy (non-hydrogen) atoms. The molecule has 2 aromatic rings. The van der Waals surface area contributed by atoms with E-state index < -0.39 is 15.7 Å². The minimum Gasteiger partial charge on any atom is -0.376 e. The predicted molar refractivity (Wildman–Crippen MR) is 77.9 cm³/mol. The van der Waals surface area contributed by atoms with Crippen LogP contribution in [0.1, 0.15) is 18.5 Å². The zero-order valence-electron chi connectivity index (χ0n) is 11.6. The zero-order chi connectivity index (χ0) is 15.6. The number of hydrogen-bond donors (Lipinski definition) is 1.